The molecule has 2 fully saturated rings. The minimum atomic E-state index is -0.0778. The molecule has 0 aromatic heterocycles. The second-order valence-electron chi connectivity index (χ2n) is 13.7. The number of fused-ring (bicyclic) bond motifs is 2. The summed E-state index contributed by atoms with van der Waals surface area (Å²) in [5, 5.41) is 4.18. The number of ether oxygens (including phenoxy) is 4. The summed E-state index contributed by atoms with van der Waals surface area (Å²) in [5.74, 6) is 1.60. The van der Waals surface area contributed by atoms with E-state index in [1.54, 1.807) is 0 Å². The molecule has 6 heteroatoms. The van der Waals surface area contributed by atoms with Gasteiger partial charge in [0.25, 0.3) is 0 Å². The summed E-state index contributed by atoms with van der Waals surface area (Å²) in [6, 6.07) is 15.0. The molecule has 0 heterocycles. The first-order valence-electron chi connectivity index (χ1n) is 18.7. The van der Waals surface area contributed by atoms with Crippen LogP contribution in [0.2, 0.25) is 0 Å². The molecular formula is C41H56O6. The van der Waals surface area contributed by atoms with Crippen molar-refractivity contribution in [2.45, 2.75) is 148 Å². The molecule has 0 aliphatic heterocycles. The summed E-state index contributed by atoms with van der Waals surface area (Å²) in [5.41, 5.74) is 1.30. The number of rotatable bonds is 18. The molecule has 256 valence electrons. The molecule has 0 atom stereocenters. The lowest BCUT2D eigenvalue weighted by molar-refractivity contribution is -0.151. The number of hydrogen-bond acceptors (Lipinski definition) is 6. The predicted molar refractivity (Wildman–Crippen MR) is 189 cm³/mol. The SMILES string of the molecule is CCCCCc1ccc2c(OCCCCC(=O)OC3CCCCC3)c3ccccc3c(OCCCCC(=O)OC3CCCCC3)c2c1. The summed E-state index contributed by atoms with van der Waals surface area (Å²) < 4.78 is 24.5. The molecule has 2 aliphatic rings. The van der Waals surface area contributed by atoms with Gasteiger partial charge in [-0.15, -0.1) is 0 Å². The van der Waals surface area contributed by atoms with Gasteiger partial charge < -0.3 is 18.9 Å². The first-order valence-corrected chi connectivity index (χ1v) is 18.7. The van der Waals surface area contributed by atoms with E-state index < -0.39 is 0 Å². The lowest BCUT2D eigenvalue weighted by atomic mass is 9.97. The first-order chi connectivity index (χ1) is 23.1. The Kier molecular flexibility index (Phi) is 14.1. The van der Waals surface area contributed by atoms with Crippen LogP contribution in [-0.2, 0) is 25.5 Å². The van der Waals surface area contributed by atoms with Crippen molar-refractivity contribution in [3.05, 3.63) is 48.0 Å². The highest BCUT2D eigenvalue weighted by Crippen LogP contribution is 2.43. The molecule has 2 saturated carbocycles. The quantitative estimate of drug-likeness (QED) is 0.0779. The van der Waals surface area contributed by atoms with E-state index in [4.69, 9.17) is 18.9 Å². The van der Waals surface area contributed by atoms with Gasteiger partial charge in [-0.05, 0) is 102 Å². The van der Waals surface area contributed by atoms with Crippen LogP contribution < -0.4 is 9.47 Å². The summed E-state index contributed by atoms with van der Waals surface area (Å²) in [6.07, 6.45) is 19.9. The smallest absolute Gasteiger partial charge is 0.306 e. The molecule has 0 bridgehead atoms. The third kappa shape index (κ3) is 10.6. The van der Waals surface area contributed by atoms with Crippen molar-refractivity contribution in [2.24, 2.45) is 0 Å². The lowest BCUT2D eigenvalue weighted by Crippen LogP contribution is -2.20. The number of carbonyl (C=O) groups excluding carboxylic acids is 2. The van der Waals surface area contributed by atoms with E-state index in [0.717, 1.165) is 123 Å². The van der Waals surface area contributed by atoms with E-state index in [1.165, 1.54) is 31.2 Å². The van der Waals surface area contributed by atoms with Crippen LogP contribution in [0.15, 0.2) is 42.5 Å². The molecule has 0 radical (unpaired) electrons. The van der Waals surface area contributed by atoms with E-state index in [-0.39, 0.29) is 24.1 Å². The van der Waals surface area contributed by atoms with E-state index in [0.29, 0.717) is 26.1 Å². The topological polar surface area (TPSA) is 71.1 Å². The second-order valence-corrected chi connectivity index (χ2v) is 13.7. The summed E-state index contributed by atoms with van der Waals surface area (Å²) in [7, 11) is 0. The van der Waals surface area contributed by atoms with Crippen LogP contribution >= 0.6 is 0 Å². The lowest BCUT2D eigenvalue weighted by Gasteiger charge is -2.22. The molecule has 0 amide bonds. The van der Waals surface area contributed by atoms with Crippen LogP contribution in [0.25, 0.3) is 21.5 Å². The normalized spacial score (nSPS) is 15.9. The van der Waals surface area contributed by atoms with E-state index in [9.17, 15) is 9.59 Å². The van der Waals surface area contributed by atoms with Crippen LogP contribution in [0.4, 0.5) is 0 Å². The molecule has 0 spiro atoms. The minimum absolute atomic E-state index is 0.0767. The molecule has 2 aliphatic carbocycles. The van der Waals surface area contributed by atoms with Crippen molar-refractivity contribution in [3.8, 4) is 11.5 Å². The average molecular weight is 645 g/mol. The van der Waals surface area contributed by atoms with Crippen LogP contribution in [-0.4, -0.2) is 37.4 Å². The van der Waals surface area contributed by atoms with Gasteiger partial charge in [0.15, 0.2) is 0 Å². The zero-order chi connectivity index (χ0) is 32.7. The fraction of sp³-hybridized carbons (Fsp3) is 0.610. The van der Waals surface area contributed by atoms with Gasteiger partial charge in [-0.3, -0.25) is 9.59 Å². The maximum atomic E-state index is 12.4. The highest BCUT2D eigenvalue weighted by Gasteiger charge is 2.20. The van der Waals surface area contributed by atoms with Crippen LogP contribution in [0.3, 0.4) is 0 Å². The van der Waals surface area contributed by atoms with E-state index in [2.05, 4.69) is 43.3 Å². The monoisotopic (exact) mass is 644 g/mol. The van der Waals surface area contributed by atoms with Gasteiger partial charge in [-0.1, -0.05) is 69.0 Å². The Balaban J connectivity index is 1.23. The minimum Gasteiger partial charge on any atom is -0.492 e. The maximum absolute atomic E-state index is 12.4. The molecule has 6 nitrogen and oxygen atoms in total. The fourth-order valence-corrected chi connectivity index (χ4v) is 7.14. The maximum Gasteiger partial charge on any atom is 0.306 e. The summed E-state index contributed by atoms with van der Waals surface area (Å²) >= 11 is 0. The number of unbranched alkanes of at least 4 members (excludes halogenated alkanes) is 4. The molecule has 47 heavy (non-hydrogen) atoms. The highest BCUT2D eigenvalue weighted by molar-refractivity contribution is 6.11. The molecule has 0 saturated heterocycles. The van der Waals surface area contributed by atoms with Crippen LogP contribution in [0.5, 0.6) is 11.5 Å². The molecule has 3 aromatic rings. The third-order valence-electron chi connectivity index (χ3n) is 9.80. The van der Waals surface area contributed by atoms with E-state index in [1.807, 2.05) is 6.07 Å². The summed E-state index contributed by atoms with van der Waals surface area (Å²) in [4.78, 5) is 24.8. The van der Waals surface area contributed by atoms with E-state index >= 15 is 0 Å². The van der Waals surface area contributed by atoms with Crippen molar-refractivity contribution in [1.29, 1.82) is 0 Å². The summed E-state index contributed by atoms with van der Waals surface area (Å²) in [6.45, 7) is 3.30. The Bertz CT molecular complexity index is 1420. The molecule has 5 rings (SSSR count). The number of benzene rings is 3. The Hall–Kier alpha value is -3.28. The first kappa shape index (κ1) is 35.0. The van der Waals surface area contributed by atoms with Crippen molar-refractivity contribution in [2.75, 3.05) is 13.2 Å². The van der Waals surface area contributed by atoms with Crippen LogP contribution in [0, 0.1) is 0 Å². The Morgan fingerprint density at radius 1 is 0.596 bits per heavy atom. The fourth-order valence-electron chi connectivity index (χ4n) is 7.14. The third-order valence-corrected chi connectivity index (χ3v) is 9.80. The Morgan fingerprint density at radius 3 is 1.64 bits per heavy atom. The molecule has 0 N–H and O–H groups in total. The average Bonchev–Trinajstić information content (AvgIpc) is 3.09. The number of esters is 2. The van der Waals surface area contributed by atoms with Crippen molar-refractivity contribution < 1.29 is 28.5 Å². The zero-order valence-corrected chi connectivity index (χ0v) is 28.7. The number of aryl methyl sites for hydroxylation is 1. The van der Waals surface area contributed by atoms with Gasteiger partial charge in [0.2, 0.25) is 0 Å². The van der Waals surface area contributed by atoms with Crippen molar-refractivity contribution >= 4 is 33.5 Å². The Labute approximate surface area is 281 Å². The van der Waals surface area contributed by atoms with Gasteiger partial charge in [-0.25, -0.2) is 0 Å². The standard InChI is InChI=1S/C41H56O6/c1-2-3-6-17-31-26-27-36-37(30-31)41(45-29-16-14-25-39(43)47-33-20-9-5-10-21-33)35-23-12-11-22-34(35)40(36)44-28-15-13-24-38(42)46-32-18-7-4-8-19-32/h11-12,22-23,26-27,30,32-33H,2-10,13-21,24-25,28-29H2,1H3. The van der Waals surface area contributed by atoms with Gasteiger partial charge >= 0.3 is 11.9 Å². The van der Waals surface area contributed by atoms with Crippen LogP contribution in [0.1, 0.15) is 134 Å². The second kappa shape index (κ2) is 18.9. The highest BCUT2D eigenvalue weighted by atomic mass is 16.5. The van der Waals surface area contributed by atoms with Gasteiger partial charge in [-0.2, -0.15) is 0 Å². The van der Waals surface area contributed by atoms with Gasteiger partial charge in [0.05, 0.1) is 13.2 Å². The van der Waals surface area contributed by atoms with Gasteiger partial charge in [0, 0.05) is 34.4 Å². The van der Waals surface area contributed by atoms with Crippen molar-refractivity contribution in [1.82, 2.24) is 0 Å². The predicted octanol–water partition coefficient (Wildman–Crippen LogP) is 10.6. The number of hydrogen-bond donors (Lipinski definition) is 0. The van der Waals surface area contributed by atoms with Crippen molar-refractivity contribution in [3.63, 3.8) is 0 Å². The molecule has 3 aromatic carbocycles. The zero-order valence-electron chi connectivity index (χ0n) is 28.7. The van der Waals surface area contributed by atoms with Gasteiger partial charge in [0.1, 0.15) is 23.7 Å². The molecule has 0 unspecified atom stereocenters. The Morgan fingerprint density at radius 2 is 1.11 bits per heavy atom. The number of carbonyl (C=O) groups is 2. The largest absolute Gasteiger partial charge is 0.492 e. The molecular weight excluding hydrogens is 588 g/mol.